The zero-order valence-corrected chi connectivity index (χ0v) is 26.4. The summed E-state index contributed by atoms with van der Waals surface area (Å²) >= 11 is 0. The lowest BCUT2D eigenvalue weighted by atomic mass is 10.1. The Balaban J connectivity index is 1.68. The number of carbonyl (C=O) groups is 2. The average molecular weight is 671 g/mol. The van der Waals surface area contributed by atoms with E-state index in [-0.39, 0.29) is 34.2 Å². The molecule has 1 N–H and O–H groups in total. The molecule has 2 aromatic carbocycles. The van der Waals surface area contributed by atoms with Crippen LogP contribution in [0.5, 0.6) is 0 Å². The van der Waals surface area contributed by atoms with Crippen molar-refractivity contribution in [3.63, 3.8) is 0 Å². The van der Waals surface area contributed by atoms with Crippen molar-refractivity contribution in [1.82, 2.24) is 19.5 Å². The van der Waals surface area contributed by atoms with Gasteiger partial charge in [0.15, 0.2) is 5.69 Å². The maximum Gasteiger partial charge on any atom is 0.435 e. The molecule has 1 amide bonds. The number of nitrogens with one attached hydrogen (secondary N) is 1. The molecule has 18 heteroatoms. The molecular weight excluding hydrogens is 637 g/mol. The summed E-state index contributed by atoms with van der Waals surface area (Å²) in [4.78, 5) is 27.8. The maximum absolute atomic E-state index is 13.5. The summed E-state index contributed by atoms with van der Waals surface area (Å²) in [7, 11) is -4.46. The molecule has 0 fully saturated rings. The first-order valence-electron chi connectivity index (χ1n) is 13.7. The SMILES string of the molecule is CCC(=O)OCO/N=[N+](\[O-])N(CCOC(=O)NS(=O)(=O)c1ccc(-n2nc(C(F)(F)F)cc2-c2ccc(C)cc2)cc1)C(C)(C)C. The Morgan fingerprint density at radius 1 is 1.07 bits per heavy atom. The van der Waals surface area contributed by atoms with E-state index in [4.69, 9.17) is 4.74 Å². The van der Waals surface area contributed by atoms with Gasteiger partial charge in [0.2, 0.25) is 5.28 Å². The zero-order chi connectivity index (χ0) is 34.3. The topological polar surface area (TPSA) is 167 Å². The van der Waals surface area contributed by atoms with Gasteiger partial charge in [-0.2, -0.15) is 18.3 Å². The lowest BCUT2D eigenvalue weighted by molar-refractivity contribution is -0.726. The minimum Gasteiger partial charge on any atom is -0.569 e. The molecule has 0 aliphatic rings. The number of alkyl halides is 3. The highest BCUT2D eigenvalue weighted by molar-refractivity contribution is 7.90. The first-order chi connectivity index (χ1) is 21.4. The molecule has 0 spiro atoms. The van der Waals surface area contributed by atoms with Gasteiger partial charge < -0.3 is 19.5 Å². The minimum absolute atomic E-state index is 0.0703. The summed E-state index contributed by atoms with van der Waals surface area (Å²) in [5.74, 6) is -0.560. The molecule has 3 aromatic rings. The number of ether oxygens (including phenoxy) is 2. The standard InChI is InChI=1S/C28H33F3N6O8S/c1-6-25(38)44-18-45-34-37(40)35(27(3,4)5)15-16-43-26(39)33-46(41,42)22-13-11-21(12-14-22)36-23(17-24(32-36)28(29,30)31)20-9-7-19(2)8-10-20/h7-14,17H,6,15-16,18H2,1-5H3,(H,33,39)/b37-34-. The van der Waals surface area contributed by atoms with Crippen molar-refractivity contribution in [3.05, 3.63) is 71.1 Å². The largest absolute Gasteiger partial charge is 0.569 e. The number of carbonyl (C=O) groups excluding carboxylic acids is 2. The van der Waals surface area contributed by atoms with Crippen LogP contribution in [0.25, 0.3) is 16.9 Å². The van der Waals surface area contributed by atoms with Gasteiger partial charge in [0.25, 0.3) is 16.8 Å². The number of hydrogen-bond donors (Lipinski definition) is 1. The van der Waals surface area contributed by atoms with Crippen molar-refractivity contribution in [1.29, 1.82) is 0 Å². The van der Waals surface area contributed by atoms with Gasteiger partial charge in [-0.05, 0) is 58.0 Å². The first kappa shape index (κ1) is 35.6. The lowest BCUT2D eigenvalue weighted by Gasteiger charge is -2.29. The summed E-state index contributed by atoms with van der Waals surface area (Å²) < 4.78 is 78.5. The number of rotatable bonds is 12. The summed E-state index contributed by atoms with van der Waals surface area (Å²) in [6, 6.07) is 12.3. The molecule has 1 aromatic heterocycles. The fourth-order valence-electron chi connectivity index (χ4n) is 3.82. The maximum atomic E-state index is 13.5. The van der Waals surface area contributed by atoms with Crippen LogP contribution >= 0.6 is 0 Å². The monoisotopic (exact) mass is 670 g/mol. The van der Waals surface area contributed by atoms with Crippen molar-refractivity contribution in [2.75, 3.05) is 19.9 Å². The quantitative estimate of drug-likeness (QED) is 0.0684. The van der Waals surface area contributed by atoms with Gasteiger partial charge in [0.1, 0.15) is 13.2 Å². The van der Waals surface area contributed by atoms with E-state index < -0.39 is 52.9 Å². The first-order valence-corrected chi connectivity index (χ1v) is 15.2. The normalized spacial score (nSPS) is 12.4. The van der Waals surface area contributed by atoms with Gasteiger partial charge in [0.05, 0.1) is 26.8 Å². The molecule has 0 unspecified atom stereocenters. The van der Waals surface area contributed by atoms with E-state index in [0.29, 0.717) is 5.56 Å². The fraction of sp³-hybridized carbons (Fsp3) is 0.393. The number of halogens is 3. The molecule has 0 saturated heterocycles. The van der Waals surface area contributed by atoms with Gasteiger partial charge in [-0.3, -0.25) is 4.79 Å². The summed E-state index contributed by atoms with van der Waals surface area (Å²) in [5, 5.41) is 20.4. The predicted molar refractivity (Wildman–Crippen MR) is 155 cm³/mol. The zero-order valence-electron chi connectivity index (χ0n) is 25.6. The Morgan fingerprint density at radius 2 is 1.70 bits per heavy atom. The van der Waals surface area contributed by atoms with E-state index in [1.807, 2.05) is 6.92 Å². The molecule has 0 atom stereocenters. The highest BCUT2D eigenvalue weighted by atomic mass is 32.2. The highest BCUT2D eigenvalue weighted by Gasteiger charge is 2.35. The second-order valence-electron chi connectivity index (χ2n) is 10.7. The van der Waals surface area contributed by atoms with Crippen molar-refractivity contribution in [3.8, 4) is 16.9 Å². The summed E-state index contributed by atoms with van der Waals surface area (Å²) in [6.07, 6.45) is -5.97. The van der Waals surface area contributed by atoms with Gasteiger partial charge in [0, 0.05) is 12.0 Å². The summed E-state index contributed by atoms with van der Waals surface area (Å²) in [5.41, 5.74) is -0.359. The van der Waals surface area contributed by atoms with Crippen LogP contribution in [0.3, 0.4) is 0 Å². The van der Waals surface area contributed by atoms with Crippen LogP contribution in [0.15, 0.2) is 64.8 Å². The highest BCUT2D eigenvalue weighted by Crippen LogP contribution is 2.33. The fourth-order valence-corrected chi connectivity index (χ4v) is 4.72. The van der Waals surface area contributed by atoms with Crippen molar-refractivity contribution >= 4 is 22.1 Å². The molecule has 0 bridgehead atoms. The van der Waals surface area contributed by atoms with Crippen LogP contribution in [0.2, 0.25) is 0 Å². The number of aromatic nitrogens is 2. The molecule has 0 radical (unpaired) electrons. The van der Waals surface area contributed by atoms with Crippen molar-refractivity contribution in [2.45, 2.75) is 57.7 Å². The van der Waals surface area contributed by atoms with E-state index in [9.17, 15) is 36.4 Å². The van der Waals surface area contributed by atoms with Crippen LogP contribution < -0.4 is 4.72 Å². The third-order valence-corrected chi connectivity index (χ3v) is 7.49. The van der Waals surface area contributed by atoms with Gasteiger partial charge in [-0.15, -0.1) is 5.01 Å². The minimum atomic E-state index is -4.72. The molecule has 0 aliphatic heterocycles. The molecule has 0 saturated carbocycles. The second-order valence-corrected chi connectivity index (χ2v) is 12.4. The Morgan fingerprint density at radius 3 is 2.26 bits per heavy atom. The molecular formula is C28H33F3N6O8S. The number of benzene rings is 2. The van der Waals surface area contributed by atoms with Gasteiger partial charge in [-0.25, -0.2) is 22.6 Å². The number of aryl methyl sites for hydroxylation is 1. The third kappa shape index (κ3) is 9.56. The molecule has 1 heterocycles. The second kappa shape index (κ2) is 14.5. The van der Waals surface area contributed by atoms with Crippen LogP contribution in [-0.4, -0.2) is 65.7 Å². The van der Waals surface area contributed by atoms with Crippen LogP contribution in [0.4, 0.5) is 18.0 Å². The molecule has 250 valence electrons. The van der Waals surface area contributed by atoms with E-state index in [1.165, 1.54) is 12.1 Å². The molecule has 46 heavy (non-hydrogen) atoms. The van der Waals surface area contributed by atoms with E-state index in [0.717, 1.165) is 33.5 Å². The number of sulfonamides is 1. The van der Waals surface area contributed by atoms with Crippen LogP contribution in [0, 0.1) is 12.1 Å². The molecule has 0 aliphatic carbocycles. The van der Waals surface area contributed by atoms with Crippen molar-refractivity contribution in [2.24, 2.45) is 5.28 Å². The lowest BCUT2D eigenvalue weighted by Crippen LogP contribution is -2.48. The number of nitrogens with zero attached hydrogens (tertiary/aromatic N) is 5. The van der Waals surface area contributed by atoms with E-state index >= 15 is 0 Å². The Bertz CT molecular complexity index is 1650. The Hall–Kier alpha value is -4.87. The van der Waals surface area contributed by atoms with Gasteiger partial charge >= 0.3 is 18.2 Å². The smallest absolute Gasteiger partial charge is 0.435 e. The van der Waals surface area contributed by atoms with E-state index in [2.05, 4.69) is 20.0 Å². The molecule has 3 rings (SSSR count). The van der Waals surface area contributed by atoms with Crippen LogP contribution in [-0.2, 0) is 35.3 Å². The van der Waals surface area contributed by atoms with Crippen LogP contribution in [0.1, 0.15) is 45.4 Å². The molecule has 14 nitrogen and oxygen atoms in total. The van der Waals surface area contributed by atoms with Gasteiger partial charge in [-0.1, -0.05) is 36.8 Å². The number of amides is 1. The third-order valence-electron chi connectivity index (χ3n) is 6.16. The number of hydrogen-bond acceptors (Lipinski definition) is 10. The van der Waals surface area contributed by atoms with E-state index in [1.54, 1.807) is 56.7 Å². The average Bonchev–Trinajstić information content (AvgIpc) is 3.43. The number of esters is 1. The Kier molecular flexibility index (Phi) is 11.2. The number of hydrazine groups is 1. The predicted octanol–water partition coefficient (Wildman–Crippen LogP) is 5.10. The summed E-state index contributed by atoms with van der Waals surface area (Å²) in [6.45, 7) is 7.08. The van der Waals surface area contributed by atoms with Crippen molar-refractivity contribution < 1.29 is 50.5 Å². The Labute approximate surface area is 262 Å².